The number of nitriles is 1. The summed E-state index contributed by atoms with van der Waals surface area (Å²) in [6.07, 6.45) is 0. The molecule has 94 valence electrons. The van der Waals surface area contributed by atoms with E-state index in [0.717, 1.165) is 30.0 Å². The van der Waals surface area contributed by atoms with Gasteiger partial charge in [-0.1, -0.05) is 30.3 Å². The molecule has 1 aliphatic rings. The van der Waals surface area contributed by atoms with Gasteiger partial charge in [-0.25, -0.2) is 0 Å². The number of hydrogen-bond acceptors (Lipinski definition) is 3. The van der Waals surface area contributed by atoms with Crippen LogP contribution in [0.4, 0.5) is 5.69 Å². The predicted octanol–water partition coefficient (Wildman–Crippen LogP) is 3.67. The highest BCUT2D eigenvalue weighted by Crippen LogP contribution is 2.35. The van der Waals surface area contributed by atoms with Gasteiger partial charge in [-0.05, 0) is 23.8 Å². The van der Waals surface area contributed by atoms with Crippen molar-refractivity contribution in [1.82, 2.24) is 0 Å². The molecule has 2 aromatic carbocycles. The largest absolute Gasteiger partial charge is 0.365 e. The molecule has 3 heteroatoms. The molecular weight excluding hydrogens is 252 g/mol. The molecule has 0 radical (unpaired) electrons. The number of para-hydroxylation sites is 1. The smallest absolute Gasteiger partial charge is 0.0995 e. The molecule has 0 aliphatic carbocycles. The molecule has 0 N–H and O–H groups in total. The Morgan fingerprint density at radius 3 is 2.79 bits per heavy atom. The van der Waals surface area contributed by atoms with Gasteiger partial charge < -0.3 is 4.90 Å². The quantitative estimate of drug-likeness (QED) is 0.830. The Hall–Kier alpha value is -1.92. The van der Waals surface area contributed by atoms with Crippen LogP contribution in [-0.4, -0.2) is 12.3 Å². The number of anilines is 1. The zero-order valence-corrected chi connectivity index (χ0v) is 11.4. The maximum Gasteiger partial charge on any atom is 0.0995 e. The molecule has 19 heavy (non-hydrogen) atoms. The summed E-state index contributed by atoms with van der Waals surface area (Å²) in [5, 5.41) is 9.17. The fourth-order valence-electron chi connectivity index (χ4n) is 2.36. The number of nitrogens with zero attached hydrogens (tertiary/aromatic N) is 2. The van der Waals surface area contributed by atoms with Crippen LogP contribution in [-0.2, 0) is 6.54 Å². The molecule has 1 aliphatic heterocycles. The van der Waals surface area contributed by atoms with Crippen LogP contribution in [0.2, 0.25) is 0 Å². The van der Waals surface area contributed by atoms with Gasteiger partial charge in [0, 0.05) is 23.7 Å². The molecule has 0 atom stereocenters. The first-order chi connectivity index (χ1) is 9.38. The van der Waals surface area contributed by atoms with Crippen molar-refractivity contribution in [2.75, 3.05) is 17.2 Å². The highest BCUT2D eigenvalue weighted by Gasteiger charge is 2.17. The van der Waals surface area contributed by atoms with Gasteiger partial charge in [-0.3, -0.25) is 0 Å². The number of hydrogen-bond donors (Lipinski definition) is 0. The number of fused-ring (bicyclic) bond motifs is 1. The molecule has 0 saturated carbocycles. The fraction of sp³-hybridized carbons (Fsp3) is 0.188. The first-order valence-electron chi connectivity index (χ1n) is 6.33. The molecule has 0 amide bonds. The standard InChI is InChI=1S/C16H14N2S/c17-11-13-5-1-2-6-14(13)12-18-9-10-19-16-8-4-3-7-15(16)18/h1-8H,9-10,12H2. The van der Waals surface area contributed by atoms with Crippen LogP contribution in [0.25, 0.3) is 0 Å². The summed E-state index contributed by atoms with van der Waals surface area (Å²) < 4.78 is 0. The number of thioether (sulfide) groups is 1. The van der Waals surface area contributed by atoms with Crippen molar-refractivity contribution in [2.45, 2.75) is 11.4 Å². The summed E-state index contributed by atoms with van der Waals surface area (Å²) in [7, 11) is 0. The summed E-state index contributed by atoms with van der Waals surface area (Å²) in [5.74, 6) is 1.10. The lowest BCUT2D eigenvalue weighted by molar-refractivity contribution is 0.816. The minimum atomic E-state index is 0.776. The molecule has 3 rings (SSSR count). The van der Waals surface area contributed by atoms with Crippen molar-refractivity contribution in [1.29, 1.82) is 5.26 Å². The Bertz CT molecular complexity index is 631. The zero-order valence-electron chi connectivity index (χ0n) is 10.5. The molecule has 0 unspecified atom stereocenters. The minimum absolute atomic E-state index is 0.776. The van der Waals surface area contributed by atoms with Gasteiger partial charge in [0.1, 0.15) is 0 Å². The Labute approximate surface area is 117 Å². The van der Waals surface area contributed by atoms with E-state index in [2.05, 4.69) is 35.2 Å². The van der Waals surface area contributed by atoms with Crippen LogP contribution in [0.1, 0.15) is 11.1 Å². The monoisotopic (exact) mass is 266 g/mol. The lowest BCUT2D eigenvalue weighted by atomic mass is 10.1. The molecule has 0 fully saturated rings. The van der Waals surface area contributed by atoms with Crippen molar-refractivity contribution >= 4 is 17.4 Å². The van der Waals surface area contributed by atoms with E-state index in [0.29, 0.717) is 0 Å². The van der Waals surface area contributed by atoms with Crippen LogP contribution in [0, 0.1) is 11.3 Å². The number of rotatable bonds is 2. The van der Waals surface area contributed by atoms with Gasteiger partial charge in [0.15, 0.2) is 0 Å². The van der Waals surface area contributed by atoms with Crippen LogP contribution in [0.3, 0.4) is 0 Å². The number of benzene rings is 2. The van der Waals surface area contributed by atoms with Gasteiger partial charge in [0.25, 0.3) is 0 Å². The molecule has 1 heterocycles. The van der Waals surface area contributed by atoms with E-state index >= 15 is 0 Å². The Balaban J connectivity index is 1.91. The summed E-state index contributed by atoms with van der Waals surface area (Å²) in [5.41, 5.74) is 3.16. The second kappa shape index (κ2) is 5.38. The van der Waals surface area contributed by atoms with Crippen molar-refractivity contribution in [2.24, 2.45) is 0 Å². The molecule has 0 spiro atoms. The van der Waals surface area contributed by atoms with Crippen LogP contribution >= 0.6 is 11.8 Å². The molecule has 2 nitrogen and oxygen atoms in total. The van der Waals surface area contributed by atoms with Crippen molar-refractivity contribution in [3.8, 4) is 6.07 Å². The molecule has 0 aromatic heterocycles. The lowest BCUT2D eigenvalue weighted by Gasteiger charge is -2.31. The van der Waals surface area contributed by atoms with Crippen LogP contribution in [0.15, 0.2) is 53.4 Å². The normalized spacial score (nSPS) is 13.7. The first-order valence-corrected chi connectivity index (χ1v) is 7.32. The fourth-order valence-corrected chi connectivity index (χ4v) is 3.42. The maximum absolute atomic E-state index is 9.17. The van der Waals surface area contributed by atoms with E-state index < -0.39 is 0 Å². The average Bonchev–Trinajstić information content (AvgIpc) is 2.48. The second-order valence-electron chi connectivity index (χ2n) is 4.51. The van der Waals surface area contributed by atoms with E-state index in [-0.39, 0.29) is 0 Å². The lowest BCUT2D eigenvalue weighted by Crippen LogP contribution is -2.28. The Kier molecular flexibility index (Phi) is 3.43. The van der Waals surface area contributed by atoms with Crippen molar-refractivity contribution in [3.63, 3.8) is 0 Å². The van der Waals surface area contributed by atoms with E-state index in [4.69, 9.17) is 0 Å². The summed E-state index contributed by atoms with van der Waals surface area (Å²) in [6.45, 7) is 1.84. The predicted molar refractivity (Wildman–Crippen MR) is 79.4 cm³/mol. The van der Waals surface area contributed by atoms with E-state index in [1.54, 1.807) is 0 Å². The van der Waals surface area contributed by atoms with Crippen molar-refractivity contribution in [3.05, 3.63) is 59.7 Å². The van der Waals surface area contributed by atoms with Gasteiger partial charge in [0.05, 0.1) is 17.3 Å². The average molecular weight is 266 g/mol. The van der Waals surface area contributed by atoms with Gasteiger partial charge in [0.2, 0.25) is 0 Å². The third-order valence-electron chi connectivity index (χ3n) is 3.32. The molecule has 0 bridgehead atoms. The highest BCUT2D eigenvalue weighted by molar-refractivity contribution is 7.99. The SMILES string of the molecule is N#Cc1ccccc1CN1CCSc2ccccc21. The Morgan fingerprint density at radius 1 is 1.11 bits per heavy atom. The topological polar surface area (TPSA) is 27.0 Å². The highest BCUT2D eigenvalue weighted by atomic mass is 32.2. The third kappa shape index (κ3) is 2.45. The maximum atomic E-state index is 9.17. The Morgan fingerprint density at radius 2 is 1.89 bits per heavy atom. The summed E-state index contributed by atoms with van der Waals surface area (Å²) in [6, 6.07) is 18.6. The zero-order chi connectivity index (χ0) is 13.1. The second-order valence-corrected chi connectivity index (χ2v) is 5.64. The van der Waals surface area contributed by atoms with Crippen LogP contribution in [0.5, 0.6) is 0 Å². The van der Waals surface area contributed by atoms with Crippen LogP contribution < -0.4 is 4.90 Å². The van der Waals surface area contributed by atoms with E-state index in [1.807, 2.05) is 36.0 Å². The van der Waals surface area contributed by atoms with E-state index in [1.165, 1.54) is 10.6 Å². The molecular formula is C16H14N2S. The molecule has 0 saturated heterocycles. The molecule has 2 aromatic rings. The summed E-state index contributed by atoms with van der Waals surface area (Å²) in [4.78, 5) is 3.70. The van der Waals surface area contributed by atoms with Gasteiger partial charge in [-0.15, -0.1) is 11.8 Å². The first kappa shape index (κ1) is 12.1. The minimum Gasteiger partial charge on any atom is -0.365 e. The summed E-state index contributed by atoms with van der Waals surface area (Å²) >= 11 is 1.91. The van der Waals surface area contributed by atoms with Gasteiger partial charge >= 0.3 is 0 Å². The van der Waals surface area contributed by atoms with E-state index in [9.17, 15) is 5.26 Å². The van der Waals surface area contributed by atoms with Gasteiger partial charge in [-0.2, -0.15) is 5.26 Å². The van der Waals surface area contributed by atoms with Crippen molar-refractivity contribution < 1.29 is 0 Å². The third-order valence-corrected chi connectivity index (χ3v) is 4.37.